The first-order valence-corrected chi connectivity index (χ1v) is 10.4. The number of hydrogen-bond donors (Lipinski definition) is 0. The molecule has 0 spiro atoms. The SMILES string of the molecule is Cc1ccc2c(c1)CCN1C(=O)CN(C(=O)c3cnc4c(c(C)nn4C)c3Cl)CC21. The van der Waals surface area contributed by atoms with Crippen LogP contribution in [0.5, 0.6) is 0 Å². The van der Waals surface area contributed by atoms with Gasteiger partial charge in [0.15, 0.2) is 5.65 Å². The Kier molecular flexibility index (Phi) is 4.32. The molecule has 7 nitrogen and oxygen atoms in total. The normalized spacial score (nSPS) is 18.5. The van der Waals surface area contributed by atoms with Gasteiger partial charge in [-0.25, -0.2) is 4.98 Å². The summed E-state index contributed by atoms with van der Waals surface area (Å²) in [4.78, 5) is 34.1. The molecule has 2 amide bonds. The van der Waals surface area contributed by atoms with Gasteiger partial charge in [-0.2, -0.15) is 5.10 Å². The predicted molar refractivity (Wildman–Crippen MR) is 113 cm³/mol. The lowest BCUT2D eigenvalue weighted by Gasteiger charge is -2.44. The highest BCUT2D eigenvalue weighted by Crippen LogP contribution is 2.35. The first-order chi connectivity index (χ1) is 14.3. The lowest BCUT2D eigenvalue weighted by molar-refractivity contribution is -0.139. The van der Waals surface area contributed by atoms with E-state index >= 15 is 0 Å². The van der Waals surface area contributed by atoms with Gasteiger partial charge in [0.2, 0.25) is 5.91 Å². The van der Waals surface area contributed by atoms with Crippen molar-refractivity contribution in [3.8, 4) is 0 Å². The van der Waals surface area contributed by atoms with E-state index in [4.69, 9.17) is 11.6 Å². The van der Waals surface area contributed by atoms with Crippen LogP contribution in [0.4, 0.5) is 0 Å². The first-order valence-electron chi connectivity index (χ1n) is 10.0. The van der Waals surface area contributed by atoms with Gasteiger partial charge in [0.05, 0.1) is 27.7 Å². The molecule has 30 heavy (non-hydrogen) atoms. The van der Waals surface area contributed by atoms with Crippen LogP contribution in [0, 0.1) is 13.8 Å². The highest BCUT2D eigenvalue weighted by molar-refractivity contribution is 6.38. The van der Waals surface area contributed by atoms with E-state index in [9.17, 15) is 9.59 Å². The van der Waals surface area contributed by atoms with Gasteiger partial charge in [-0.3, -0.25) is 14.3 Å². The van der Waals surface area contributed by atoms with Crippen molar-refractivity contribution in [1.82, 2.24) is 24.6 Å². The average molecular weight is 424 g/mol. The van der Waals surface area contributed by atoms with Crippen LogP contribution in [-0.4, -0.2) is 56.0 Å². The van der Waals surface area contributed by atoms with E-state index in [0.717, 1.165) is 17.7 Å². The molecule has 0 aliphatic carbocycles. The fourth-order valence-corrected chi connectivity index (χ4v) is 5.06. The van der Waals surface area contributed by atoms with Crippen LogP contribution in [-0.2, 0) is 18.3 Å². The van der Waals surface area contributed by atoms with Crippen LogP contribution in [0.2, 0.25) is 5.02 Å². The van der Waals surface area contributed by atoms with Crippen molar-refractivity contribution < 1.29 is 9.59 Å². The van der Waals surface area contributed by atoms with Gasteiger partial charge in [-0.05, 0) is 31.4 Å². The van der Waals surface area contributed by atoms with E-state index in [2.05, 4.69) is 35.2 Å². The van der Waals surface area contributed by atoms with E-state index < -0.39 is 0 Å². The third-order valence-corrected chi connectivity index (χ3v) is 6.57. The Morgan fingerprint density at radius 3 is 2.87 bits per heavy atom. The topological polar surface area (TPSA) is 71.3 Å². The highest BCUT2D eigenvalue weighted by Gasteiger charge is 2.39. The Labute approximate surface area is 179 Å². The highest BCUT2D eigenvalue weighted by atomic mass is 35.5. The number of aryl methyl sites for hydroxylation is 3. The van der Waals surface area contributed by atoms with Crippen LogP contribution < -0.4 is 0 Å². The summed E-state index contributed by atoms with van der Waals surface area (Å²) in [6.45, 7) is 5.09. The summed E-state index contributed by atoms with van der Waals surface area (Å²) in [6.07, 6.45) is 2.34. The van der Waals surface area contributed by atoms with Crippen molar-refractivity contribution in [3.63, 3.8) is 0 Å². The molecule has 4 heterocycles. The molecule has 1 saturated heterocycles. The Bertz CT molecular complexity index is 1220. The summed E-state index contributed by atoms with van der Waals surface area (Å²) in [5, 5.41) is 5.36. The minimum Gasteiger partial charge on any atom is -0.332 e. The van der Waals surface area contributed by atoms with Crippen molar-refractivity contribution in [3.05, 3.63) is 57.4 Å². The molecule has 2 aliphatic rings. The Morgan fingerprint density at radius 1 is 1.27 bits per heavy atom. The number of nitrogens with zero attached hydrogens (tertiary/aromatic N) is 5. The fourth-order valence-electron chi connectivity index (χ4n) is 4.71. The lowest BCUT2D eigenvalue weighted by atomic mass is 9.89. The number of amides is 2. The van der Waals surface area contributed by atoms with Gasteiger partial charge >= 0.3 is 0 Å². The molecule has 0 saturated carbocycles. The molecular formula is C22H22ClN5O2. The Morgan fingerprint density at radius 2 is 2.07 bits per heavy atom. The van der Waals surface area contributed by atoms with Gasteiger partial charge in [-0.1, -0.05) is 35.4 Å². The van der Waals surface area contributed by atoms with Crippen molar-refractivity contribution in [2.45, 2.75) is 26.3 Å². The molecule has 0 radical (unpaired) electrons. The summed E-state index contributed by atoms with van der Waals surface area (Å²) in [6, 6.07) is 6.20. The summed E-state index contributed by atoms with van der Waals surface area (Å²) >= 11 is 6.61. The maximum atomic E-state index is 13.4. The molecule has 1 aromatic carbocycles. The maximum Gasteiger partial charge on any atom is 0.257 e. The molecule has 1 atom stereocenters. The standard InChI is InChI=1S/C22H22ClN5O2/c1-12-4-5-15-14(8-12)6-7-28-17(15)10-27(11-18(28)29)22(30)16-9-24-21-19(20(16)23)13(2)25-26(21)3/h4-5,8-9,17H,6-7,10-11H2,1-3H3. The van der Waals surface area contributed by atoms with Gasteiger partial charge in [0.25, 0.3) is 5.91 Å². The number of carbonyl (C=O) groups excluding carboxylic acids is 2. The number of fused-ring (bicyclic) bond motifs is 4. The van der Waals surface area contributed by atoms with E-state index in [1.807, 2.05) is 11.8 Å². The molecule has 0 bridgehead atoms. The number of aromatic nitrogens is 3. The number of halogens is 1. The zero-order chi connectivity index (χ0) is 21.2. The summed E-state index contributed by atoms with van der Waals surface area (Å²) in [7, 11) is 1.79. The molecular weight excluding hydrogens is 402 g/mol. The zero-order valence-electron chi connectivity index (χ0n) is 17.1. The molecule has 3 aromatic rings. The molecule has 1 fully saturated rings. The minimum absolute atomic E-state index is 0.0338. The lowest BCUT2D eigenvalue weighted by Crippen LogP contribution is -2.55. The van der Waals surface area contributed by atoms with E-state index in [0.29, 0.717) is 34.7 Å². The number of carbonyl (C=O) groups is 2. The van der Waals surface area contributed by atoms with E-state index in [-0.39, 0.29) is 24.4 Å². The van der Waals surface area contributed by atoms with E-state index in [1.165, 1.54) is 17.3 Å². The molecule has 0 N–H and O–H groups in total. The third-order valence-electron chi connectivity index (χ3n) is 6.18. The molecule has 8 heteroatoms. The van der Waals surface area contributed by atoms with Crippen LogP contribution in [0.15, 0.2) is 24.4 Å². The number of rotatable bonds is 1. The van der Waals surface area contributed by atoms with Crippen molar-refractivity contribution in [2.75, 3.05) is 19.6 Å². The van der Waals surface area contributed by atoms with Gasteiger partial charge in [0.1, 0.15) is 6.54 Å². The third kappa shape index (κ3) is 2.80. The molecule has 2 aliphatic heterocycles. The summed E-state index contributed by atoms with van der Waals surface area (Å²) in [5.41, 5.74) is 5.24. The number of piperazine rings is 1. The second-order valence-corrected chi connectivity index (χ2v) is 8.51. The largest absolute Gasteiger partial charge is 0.332 e. The van der Waals surface area contributed by atoms with Gasteiger partial charge in [0, 0.05) is 26.3 Å². The quantitative estimate of drug-likeness (QED) is 0.603. The monoisotopic (exact) mass is 423 g/mol. The van der Waals surface area contributed by atoms with Gasteiger partial charge < -0.3 is 9.80 Å². The van der Waals surface area contributed by atoms with Crippen molar-refractivity contribution >= 4 is 34.4 Å². The number of pyridine rings is 1. The maximum absolute atomic E-state index is 13.4. The van der Waals surface area contributed by atoms with Crippen molar-refractivity contribution in [1.29, 1.82) is 0 Å². The Hall–Kier alpha value is -2.93. The minimum atomic E-state index is -0.273. The van der Waals surface area contributed by atoms with Crippen LogP contribution >= 0.6 is 11.6 Å². The summed E-state index contributed by atoms with van der Waals surface area (Å²) in [5.74, 6) is -0.307. The zero-order valence-corrected chi connectivity index (χ0v) is 17.9. The number of benzene rings is 1. The molecule has 1 unspecified atom stereocenters. The second-order valence-electron chi connectivity index (χ2n) is 8.13. The van der Waals surface area contributed by atoms with Crippen molar-refractivity contribution in [2.24, 2.45) is 7.05 Å². The fraction of sp³-hybridized carbons (Fsp3) is 0.364. The smallest absolute Gasteiger partial charge is 0.257 e. The second kappa shape index (κ2) is 6.80. The Balaban J connectivity index is 1.51. The molecule has 2 aromatic heterocycles. The van der Waals surface area contributed by atoms with E-state index in [1.54, 1.807) is 16.6 Å². The summed E-state index contributed by atoms with van der Waals surface area (Å²) < 4.78 is 1.65. The van der Waals surface area contributed by atoms with Crippen LogP contribution in [0.25, 0.3) is 11.0 Å². The van der Waals surface area contributed by atoms with Crippen LogP contribution in [0.1, 0.15) is 38.8 Å². The van der Waals surface area contributed by atoms with Crippen LogP contribution in [0.3, 0.4) is 0 Å². The first kappa shape index (κ1) is 19.1. The average Bonchev–Trinajstić information content (AvgIpc) is 3.01. The van der Waals surface area contributed by atoms with Gasteiger partial charge in [-0.15, -0.1) is 0 Å². The molecule has 5 rings (SSSR count). The number of hydrogen-bond acceptors (Lipinski definition) is 4. The molecule has 154 valence electrons. The predicted octanol–water partition coefficient (Wildman–Crippen LogP) is 2.82.